The second kappa shape index (κ2) is 15.3. The van der Waals surface area contributed by atoms with Crippen molar-refractivity contribution in [3.63, 3.8) is 0 Å². The number of aliphatic hydroxyl groups is 2. The average molecular weight is 884 g/mol. The lowest BCUT2D eigenvalue weighted by molar-refractivity contribution is -0.345. The van der Waals surface area contributed by atoms with Crippen LogP contribution < -0.4 is 5.32 Å². The molecule has 0 radical (unpaired) electrons. The van der Waals surface area contributed by atoms with Crippen LogP contribution in [0.25, 0.3) is 0 Å². The van der Waals surface area contributed by atoms with Gasteiger partial charge in [-0.05, 0) is 75.7 Å². The lowest BCUT2D eigenvalue weighted by Crippen LogP contribution is -2.83. The largest absolute Gasteiger partial charge is 0.509 e. The Morgan fingerprint density at radius 3 is 2.11 bits per heavy atom. The highest BCUT2D eigenvalue weighted by Crippen LogP contribution is 2.67. The van der Waals surface area contributed by atoms with E-state index in [9.17, 15) is 39.0 Å². The number of carbonyl (C=O) groups is 7. The van der Waals surface area contributed by atoms with Crippen LogP contribution in [-0.4, -0.2) is 124 Å². The van der Waals surface area contributed by atoms with Gasteiger partial charge in [0.1, 0.15) is 11.7 Å². The van der Waals surface area contributed by atoms with E-state index in [0.29, 0.717) is 6.42 Å². The highest BCUT2D eigenvalue weighted by Gasteiger charge is 2.83. The summed E-state index contributed by atoms with van der Waals surface area (Å²) in [5, 5.41) is 26.6. The van der Waals surface area contributed by atoms with Crippen LogP contribution in [0, 0.1) is 28.1 Å². The first-order chi connectivity index (χ1) is 29.1. The van der Waals surface area contributed by atoms with Crippen LogP contribution in [0.1, 0.15) is 99.4 Å². The standard InChI is InChI=1S/C45H57NO17/c1-20-27-31(57-21(2)47)33(51)43(11)25(49)17-26-44(19-56-26,61-22(3)48)32(43)35(59-36(52)23-15-13-12-14-16-23)45(42(27,9)10)34(60-39(55)63-45)30(20)58-37(53)29(50)28(24-18-41(24,7)8)46-38(54)62-40(4,5)6/h12-16,24-26,28-32,34-35,49-50H,17-19H2,1-11H3,(H,46,54)/t24-,25+,26-,28+,29-,30-,31-,32?,34?,35?,43-,44+,45-/m1/s1. The van der Waals surface area contributed by atoms with Gasteiger partial charge in [0.2, 0.25) is 5.60 Å². The summed E-state index contributed by atoms with van der Waals surface area (Å²) in [6.45, 7) is 16.5. The molecule has 3 saturated carbocycles. The number of carbonyl (C=O) groups excluding carboxylic acids is 7. The SMILES string of the molecule is CC(=O)O[C@H]1C(=O)[C@@]2(C)C(C(OC(=O)c3ccccc3)[C@]34OC(=O)OC3[C@H](OC(=O)[C@H](O)[C@@H](NC(=O)OC(C)(C)C)[C@H]3CC3(C)C)C(C)=C1C4(C)C)[C@]1(OC(C)=O)CO[C@@H]1C[C@@H]2O. The average Bonchev–Trinajstić information content (AvgIpc) is 3.65. The van der Waals surface area contributed by atoms with Crippen molar-refractivity contribution in [3.8, 4) is 0 Å². The molecule has 4 aliphatic carbocycles. The summed E-state index contributed by atoms with van der Waals surface area (Å²) in [6.07, 6.45) is -14.0. The van der Waals surface area contributed by atoms with Crippen LogP contribution in [0.2, 0.25) is 0 Å². The number of aliphatic hydroxyl groups excluding tert-OH is 2. The maximum atomic E-state index is 15.6. The van der Waals surface area contributed by atoms with Crippen LogP contribution in [0.15, 0.2) is 41.5 Å². The van der Waals surface area contributed by atoms with Gasteiger partial charge in [-0.25, -0.2) is 19.2 Å². The maximum absolute atomic E-state index is 15.6. The third kappa shape index (κ3) is 7.25. The second-order valence-electron chi connectivity index (χ2n) is 20.1. The molecule has 3 unspecified atom stereocenters. The minimum atomic E-state index is -2.36. The van der Waals surface area contributed by atoms with Gasteiger partial charge in [0.05, 0.1) is 35.6 Å². The third-order valence-electron chi connectivity index (χ3n) is 14.2. The number of nitrogens with one attached hydrogen (secondary N) is 1. The maximum Gasteiger partial charge on any atom is 0.509 e. The van der Waals surface area contributed by atoms with Crippen molar-refractivity contribution in [1.82, 2.24) is 5.32 Å². The summed E-state index contributed by atoms with van der Waals surface area (Å²) in [6, 6.07) is 6.52. The zero-order valence-corrected chi connectivity index (χ0v) is 37.3. The number of rotatable bonds is 9. The fourth-order valence-corrected chi connectivity index (χ4v) is 11.1. The Labute approximate surface area is 364 Å². The summed E-state index contributed by atoms with van der Waals surface area (Å²) in [4.78, 5) is 97.8. The zero-order chi connectivity index (χ0) is 46.6. The molecule has 18 heteroatoms. The Balaban J connectivity index is 1.45. The molecule has 344 valence electrons. The molecule has 7 rings (SSSR count). The number of fused-ring (bicyclic) bond motifs is 4. The molecule has 5 fully saturated rings. The summed E-state index contributed by atoms with van der Waals surface area (Å²) in [5.74, 6) is -6.95. The zero-order valence-electron chi connectivity index (χ0n) is 37.3. The van der Waals surface area contributed by atoms with Crippen molar-refractivity contribution in [2.24, 2.45) is 28.1 Å². The first-order valence-electron chi connectivity index (χ1n) is 21.1. The molecule has 63 heavy (non-hydrogen) atoms. The van der Waals surface area contributed by atoms with Gasteiger partial charge in [-0.1, -0.05) is 45.9 Å². The Bertz CT molecular complexity index is 2140. The number of amides is 1. The van der Waals surface area contributed by atoms with E-state index in [1.54, 1.807) is 52.8 Å². The topological polar surface area (TPSA) is 246 Å². The molecule has 1 amide bonds. The van der Waals surface area contributed by atoms with Gasteiger partial charge >= 0.3 is 36.1 Å². The molecule has 2 bridgehead atoms. The van der Waals surface area contributed by atoms with E-state index in [4.69, 9.17) is 37.9 Å². The molecular formula is C45H57NO17. The second-order valence-corrected chi connectivity index (χ2v) is 20.1. The number of hydrogen-bond donors (Lipinski definition) is 3. The molecule has 2 heterocycles. The lowest BCUT2D eigenvalue weighted by Gasteiger charge is -2.67. The highest BCUT2D eigenvalue weighted by atomic mass is 16.8. The van der Waals surface area contributed by atoms with E-state index in [0.717, 1.165) is 13.8 Å². The Kier molecular flexibility index (Phi) is 11.1. The van der Waals surface area contributed by atoms with Crippen molar-refractivity contribution >= 4 is 41.9 Å². The first kappa shape index (κ1) is 45.9. The number of ketones is 1. The lowest BCUT2D eigenvalue weighted by atomic mass is 9.44. The van der Waals surface area contributed by atoms with Gasteiger partial charge in [0.15, 0.2) is 41.9 Å². The molecule has 3 N–H and O–H groups in total. The smallest absolute Gasteiger partial charge is 0.454 e. The number of alkyl carbamates (subject to hydrolysis) is 1. The van der Waals surface area contributed by atoms with Crippen molar-refractivity contribution in [1.29, 1.82) is 0 Å². The van der Waals surface area contributed by atoms with E-state index >= 15 is 4.79 Å². The quantitative estimate of drug-likeness (QED) is 0.182. The predicted molar refractivity (Wildman–Crippen MR) is 214 cm³/mol. The fourth-order valence-electron chi connectivity index (χ4n) is 11.1. The summed E-state index contributed by atoms with van der Waals surface area (Å²) < 4.78 is 48.4. The monoisotopic (exact) mass is 883 g/mol. The molecule has 2 saturated heterocycles. The predicted octanol–water partition coefficient (Wildman–Crippen LogP) is 3.66. The van der Waals surface area contributed by atoms with Crippen LogP contribution in [0.4, 0.5) is 9.59 Å². The van der Waals surface area contributed by atoms with Crippen molar-refractivity contribution in [2.45, 2.75) is 155 Å². The van der Waals surface area contributed by atoms with Crippen LogP contribution in [0.3, 0.4) is 0 Å². The summed E-state index contributed by atoms with van der Waals surface area (Å²) >= 11 is 0. The summed E-state index contributed by atoms with van der Waals surface area (Å²) in [7, 11) is 0. The van der Waals surface area contributed by atoms with Gasteiger partial charge in [-0.3, -0.25) is 14.4 Å². The molecule has 6 aliphatic rings. The number of ether oxygens (including phenoxy) is 8. The van der Waals surface area contributed by atoms with Crippen molar-refractivity contribution in [3.05, 3.63) is 47.0 Å². The molecule has 1 spiro atoms. The van der Waals surface area contributed by atoms with E-state index in [-0.39, 0.29) is 29.7 Å². The molecule has 1 aromatic carbocycles. The number of esters is 4. The van der Waals surface area contributed by atoms with Crippen LogP contribution in [-0.2, 0) is 57.1 Å². The van der Waals surface area contributed by atoms with E-state index < -0.39 is 136 Å². The Morgan fingerprint density at radius 1 is 0.937 bits per heavy atom. The molecule has 0 aromatic heterocycles. The van der Waals surface area contributed by atoms with E-state index in [1.807, 2.05) is 13.8 Å². The van der Waals surface area contributed by atoms with Crippen LogP contribution >= 0.6 is 0 Å². The number of benzene rings is 1. The van der Waals surface area contributed by atoms with E-state index in [1.165, 1.54) is 26.0 Å². The molecule has 13 atom stereocenters. The van der Waals surface area contributed by atoms with Gasteiger partial charge in [0.25, 0.3) is 0 Å². The molecule has 18 nitrogen and oxygen atoms in total. The van der Waals surface area contributed by atoms with Crippen LogP contribution in [0.5, 0.6) is 0 Å². The molecular weight excluding hydrogens is 826 g/mol. The number of hydrogen-bond acceptors (Lipinski definition) is 17. The van der Waals surface area contributed by atoms with Crippen molar-refractivity contribution in [2.75, 3.05) is 6.61 Å². The molecule has 2 aliphatic heterocycles. The van der Waals surface area contributed by atoms with Gasteiger partial charge in [-0.2, -0.15) is 0 Å². The van der Waals surface area contributed by atoms with Gasteiger partial charge < -0.3 is 53.4 Å². The summed E-state index contributed by atoms with van der Waals surface area (Å²) in [5.41, 5.74) is -9.38. The van der Waals surface area contributed by atoms with Gasteiger partial charge in [0, 0.05) is 25.7 Å². The minimum absolute atomic E-state index is 0.0288. The van der Waals surface area contributed by atoms with Gasteiger partial charge in [-0.15, -0.1) is 0 Å². The molecule has 1 aromatic rings. The third-order valence-corrected chi connectivity index (χ3v) is 14.2. The normalized spacial score (nSPS) is 36.7. The number of Topliss-reactive ketones (excluding diaryl/α,β-unsaturated/α-hetero) is 1. The van der Waals surface area contributed by atoms with Crippen molar-refractivity contribution < 1.29 is 81.7 Å². The minimum Gasteiger partial charge on any atom is -0.454 e. The first-order valence-corrected chi connectivity index (χ1v) is 21.1. The Hall–Kier alpha value is -5.07. The highest BCUT2D eigenvalue weighted by molar-refractivity contribution is 5.96. The van der Waals surface area contributed by atoms with E-state index in [2.05, 4.69) is 5.32 Å². The Morgan fingerprint density at radius 2 is 1.57 bits per heavy atom. The fraction of sp³-hybridized carbons (Fsp3) is 0.667.